The molecule has 0 saturated carbocycles. The van der Waals surface area contributed by atoms with Gasteiger partial charge in [0.05, 0.1) is 5.02 Å². The number of anilines is 1. The average Bonchev–Trinajstić information content (AvgIpc) is 2.34. The Bertz CT molecular complexity index is 514. The fraction of sp³-hybridized carbons (Fsp3) is 0. The normalized spacial score (nSPS) is 10.1. The quantitative estimate of drug-likeness (QED) is 0.769. The second kappa shape index (κ2) is 5.50. The summed E-state index contributed by atoms with van der Waals surface area (Å²) < 4.78 is 5.60. The van der Waals surface area contributed by atoms with Gasteiger partial charge in [0.15, 0.2) is 0 Å². The Morgan fingerprint density at radius 2 is 1.65 bits per heavy atom. The van der Waals surface area contributed by atoms with E-state index in [0.29, 0.717) is 21.5 Å². The van der Waals surface area contributed by atoms with Gasteiger partial charge in [-0.2, -0.15) is 0 Å². The van der Waals surface area contributed by atoms with Crippen LogP contribution < -0.4 is 9.57 Å². The summed E-state index contributed by atoms with van der Waals surface area (Å²) in [5.74, 6) is 1.23. The van der Waals surface area contributed by atoms with Gasteiger partial charge in [-0.1, -0.05) is 23.2 Å². The standard InChI is InChI=1S/C12H8Cl3NO/c13-8-1-6-12(11(14)7-8)17-10-4-2-9(16-15)3-5-10/h1-7,16H. The van der Waals surface area contributed by atoms with Crippen molar-refractivity contribution in [2.45, 2.75) is 0 Å². The topological polar surface area (TPSA) is 21.3 Å². The van der Waals surface area contributed by atoms with Crippen LogP contribution in [0.25, 0.3) is 0 Å². The predicted octanol–water partition coefficient (Wildman–Crippen LogP) is 5.35. The molecular weight excluding hydrogens is 280 g/mol. The first-order valence-electron chi connectivity index (χ1n) is 4.78. The molecule has 0 radical (unpaired) electrons. The van der Waals surface area contributed by atoms with Crippen LogP contribution >= 0.6 is 35.0 Å². The molecule has 0 aliphatic carbocycles. The lowest BCUT2D eigenvalue weighted by Crippen LogP contribution is -1.86. The molecule has 0 spiro atoms. The Balaban J connectivity index is 2.19. The van der Waals surface area contributed by atoms with Gasteiger partial charge in [-0.3, -0.25) is 4.84 Å². The number of rotatable bonds is 3. The van der Waals surface area contributed by atoms with Gasteiger partial charge in [-0.15, -0.1) is 0 Å². The summed E-state index contributed by atoms with van der Waals surface area (Å²) in [5, 5.41) is 1.04. The molecule has 2 rings (SSSR count). The van der Waals surface area contributed by atoms with E-state index in [-0.39, 0.29) is 0 Å². The number of hydrogen-bond donors (Lipinski definition) is 1. The molecule has 17 heavy (non-hydrogen) atoms. The highest BCUT2D eigenvalue weighted by molar-refractivity contribution is 6.35. The summed E-state index contributed by atoms with van der Waals surface area (Å²) in [5.41, 5.74) is 0.793. The van der Waals surface area contributed by atoms with Gasteiger partial charge in [-0.25, -0.2) is 0 Å². The lowest BCUT2D eigenvalue weighted by Gasteiger charge is -2.08. The Kier molecular flexibility index (Phi) is 4.00. The van der Waals surface area contributed by atoms with E-state index in [4.69, 9.17) is 39.7 Å². The molecule has 0 unspecified atom stereocenters. The van der Waals surface area contributed by atoms with E-state index in [2.05, 4.69) is 4.84 Å². The Labute approximate surface area is 114 Å². The van der Waals surface area contributed by atoms with E-state index < -0.39 is 0 Å². The molecule has 0 aliphatic rings. The number of ether oxygens (including phenoxy) is 1. The number of hydrogen-bond acceptors (Lipinski definition) is 2. The summed E-state index contributed by atoms with van der Waals surface area (Å²) in [7, 11) is 0. The summed E-state index contributed by atoms with van der Waals surface area (Å²) in [6, 6.07) is 12.2. The van der Waals surface area contributed by atoms with Crippen LogP contribution in [-0.2, 0) is 0 Å². The maximum atomic E-state index is 6.00. The van der Waals surface area contributed by atoms with Crippen LogP contribution in [0.4, 0.5) is 5.69 Å². The molecule has 0 atom stereocenters. The second-order valence-electron chi connectivity index (χ2n) is 3.30. The molecule has 0 aliphatic heterocycles. The second-order valence-corrected chi connectivity index (χ2v) is 4.33. The van der Waals surface area contributed by atoms with Crippen LogP contribution in [0.1, 0.15) is 0 Å². The molecule has 0 bridgehead atoms. The zero-order valence-corrected chi connectivity index (χ0v) is 10.9. The molecule has 1 N–H and O–H groups in total. The van der Waals surface area contributed by atoms with Crippen LogP contribution in [-0.4, -0.2) is 0 Å². The molecule has 0 amide bonds. The third-order valence-corrected chi connectivity index (χ3v) is 2.83. The van der Waals surface area contributed by atoms with E-state index in [9.17, 15) is 0 Å². The van der Waals surface area contributed by atoms with Gasteiger partial charge in [0.1, 0.15) is 11.5 Å². The minimum atomic E-state index is 0.469. The van der Waals surface area contributed by atoms with Crippen LogP contribution in [0.2, 0.25) is 10.0 Å². The highest BCUT2D eigenvalue weighted by Crippen LogP contribution is 2.31. The fourth-order valence-corrected chi connectivity index (χ4v) is 1.84. The molecule has 2 nitrogen and oxygen atoms in total. The van der Waals surface area contributed by atoms with Crippen molar-refractivity contribution in [3.8, 4) is 11.5 Å². The molecular formula is C12H8Cl3NO. The number of benzene rings is 2. The summed E-state index contributed by atoms with van der Waals surface area (Å²) >= 11 is 17.2. The van der Waals surface area contributed by atoms with E-state index in [1.807, 2.05) is 0 Å². The Morgan fingerprint density at radius 1 is 0.941 bits per heavy atom. The van der Waals surface area contributed by atoms with Gasteiger partial charge in [0.25, 0.3) is 0 Å². The lowest BCUT2D eigenvalue weighted by atomic mass is 10.3. The maximum Gasteiger partial charge on any atom is 0.146 e. The van der Waals surface area contributed by atoms with Crippen molar-refractivity contribution in [3.63, 3.8) is 0 Å². The summed E-state index contributed by atoms with van der Waals surface area (Å²) in [6.07, 6.45) is 0. The van der Waals surface area contributed by atoms with Gasteiger partial charge in [-0.05, 0) is 42.5 Å². The van der Waals surface area contributed by atoms with Crippen molar-refractivity contribution in [1.29, 1.82) is 0 Å². The van der Waals surface area contributed by atoms with E-state index in [1.165, 1.54) is 0 Å². The average molecular weight is 289 g/mol. The van der Waals surface area contributed by atoms with Crippen molar-refractivity contribution in [3.05, 3.63) is 52.5 Å². The first kappa shape index (κ1) is 12.4. The third-order valence-electron chi connectivity index (χ3n) is 2.09. The van der Waals surface area contributed by atoms with Gasteiger partial charge < -0.3 is 4.74 Å². The highest BCUT2D eigenvalue weighted by atomic mass is 35.5. The third kappa shape index (κ3) is 3.19. The molecule has 0 aromatic heterocycles. The zero-order chi connectivity index (χ0) is 12.3. The molecule has 2 aromatic carbocycles. The maximum absolute atomic E-state index is 6.00. The van der Waals surface area contributed by atoms with Crippen LogP contribution in [0.15, 0.2) is 42.5 Å². The SMILES string of the molecule is ClNc1ccc(Oc2ccc(Cl)cc2Cl)cc1. The minimum absolute atomic E-state index is 0.469. The molecule has 5 heteroatoms. The van der Waals surface area contributed by atoms with Crippen molar-refractivity contribution in [2.75, 3.05) is 4.84 Å². The molecule has 88 valence electrons. The van der Waals surface area contributed by atoms with E-state index >= 15 is 0 Å². The van der Waals surface area contributed by atoms with Gasteiger partial charge >= 0.3 is 0 Å². The van der Waals surface area contributed by atoms with Crippen LogP contribution in [0.5, 0.6) is 11.5 Å². The monoisotopic (exact) mass is 287 g/mol. The first-order chi connectivity index (χ1) is 8.19. The van der Waals surface area contributed by atoms with Crippen molar-refractivity contribution in [1.82, 2.24) is 0 Å². The fourth-order valence-electron chi connectivity index (χ4n) is 1.27. The van der Waals surface area contributed by atoms with Gasteiger partial charge in [0.2, 0.25) is 0 Å². The first-order valence-corrected chi connectivity index (χ1v) is 5.92. The summed E-state index contributed by atoms with van der Waals surface area (Å²) in [4.78, 5) is 2.51. The lowest BCUT2D eigenvalue weighted by molar-refractivity contribution is 0.483. The molecule has 0 heterocycles. The van der Waals surface area contributed by atoms with Gasteiger partial charge in [0, 0.05) is 22.5 Å². The smallest absolute Gasteiger partial charge is 0.146 e. The minimum Gasteiger partial charge on any atom is -0.456 e. The summed E-state index contributed by atoms with van der Waals surface area (Å²) in [6.45, 7) is 0. The predicted molar refractivity (Wildman–Crippen MR) is 72.5 cm³/mol. The molecule has 0 fully saturated rings. The van der Waals surface area contributed by atoms with E-state index in [1.54, 1.807) is 42.5 Å². The van der Waals surface area contributed by atoms with Crippen LogP contribution in [0, 0.1) is 0 Å². The zero-order valence-electron chi connectivity index (χ0n) is 8.58. The van der Waals surface area contributed by atoms with E-state index in [0.717, 1.165) is 5.69 Å². The number of halogens is 3. The van der Waals surface area contributed by atoms with Crippen molar-refractivity contribution >= 4 is 40.7 Å². The molecule has 2 aromatic rings. The van der Waals surface area contributed by atoms with Crippen molar-refractivity contribution < 1.29 is 4.74 Å². The Morgan fingerprint density at radius 3 is 2.24 bits per heavy atom. The largest absolute Gasteiger partial charge is 0.456 e. The van der Waals surface area contributed by atoms with Crippen LogP contribution in [0.3, 0.4) is 0 Å². The van der Waals surface area contributed by atoms with Crippen molar-refractivity contribution in [2.24, 2.45) is 0 Å². The molecule has 0 saturated heterocycles. The Hall–Kier alpha value is -1.09. The number of nitrogens with one attached hydrogen (secondary N) is 1. The highest BCUT2D eigenvalue weighted by Gasteiger charge is 2.03.